The lowest BCUT2D eigenvalue weighted by Crippen LogP contribution is -2.35. The van der Waals surface area contributed by atoms with Gasteiger partial charge in [0.15, 0.2) is 0 Å². The maximum Gasteiger partial charge on any atom is 0.246 e. The largest absolute Gasteiger partial charge is 0.496 e. The Kier molecular flexibility index (Phi) is 3.47. The summed E-state index contributed by atoms with van der Waals surface area (Å²) in [5, 5.41) is 0. The Morgan fingerprint density at radius 3 is 3.00 bits per heavy atom. The number of methoxy groups -OCH3 is 1. The Labute approximate surface area is 102 Å². The highest BCUT2D eigenvalue weighted by Crippen LogP contribution is 2.27. The summed E-state index contributed by atoms with van der Waals surface area (Å²) in [6.07, 6.45) is 4.29. The van der Waals surface area contributed by atoms with E-state index in [9.17, 15) is 4.79 Å². The smallest absolute Gasteiger partial charge is 0.246 e. The molecule has 0 saturated carbocycles. The molecule has 1 aromatic carbocycles. The average molecular weight is 231 g/mol. The predicted molar refractivity (Wildman–Crippen MR) is 66.9 cm³/mol. The van der Waals surface area contributed by atoms with E-state index >= 15 is 0 Å². The van der Waals surface area contributed by atoms with Crippen LogP contribution < -0.4 is 4.74 Å². The Balaban J connectivity index is 2.25. The van der Waals surface area contributed by atoms with Gasteiger partial charge < -0.3 is 9.64 Å². The molecule has 2 rings (SSSR count). The SMILES string of the molecule is C/C=C/C(=O)N1CCc2cccc(OC)c2C1. The second-order valence-electron chi connectivity index (χ2n) is 4.11. The number of nitrogens with zero attached hydrogens (tertiary/aromatic N) is 1. The van der Waals surface area contributed by atoms with E-state index in [0.29, 0.717) is 6.54 Å². The molecule has 0 saturated heterocycles. The molecule has 0 radical (unpaired) electrons. The molecule has 0 aromatic heterocycles. The molecule has 3 nitrogen and oxygen atoms in total. The molecule has 0 spiro atoms. The van der Waals surface area contributed by atoms with Crippen molar-refractivity contribution in [2.45, 2.75) is 19.9 Å². The number of ether oxygens (including phenoxy) is 1. The van der Waals surface area contributed by atoms with Gasteiger partial charge in [-0.05, 0) is 31.1 Å². The van der Waals surface area contributed by atoms with Crippen molar-refractivity contribution < 1.29 is 9.53 Å². The van der Waals surface area contributed by atoms with Crippen LogP contribution in [0, 0.1) is 0 Å². The number of hydrogen-bond donors (Lipinski definition) is 0. The molecule has 17 heavy (non-hydrogen) atoms. The van der Waals surface area contributed by atoms with Crippen LogP contribution in [0.25, 0.3) is 0 Å². The summed E-state index contributed by atoms with van der Waals surface area (Å²) >= 11 is 0. The van der Waals surface area contributed by atoms with Crippen molar-refractivity contribution in [3.05, 3.63) is 41.5 Å². The Bertz CT molecular complexity index is 437. The van der Waals surface area contributed by atoms with Gasteiger partial charge in [0.1, 0.15) is 5.75 Å². The summed E-state index contributed by atoms with van der Waals surface area (Å²) in [5.74, 6) is 0.949. The second-order valence-corrected chi connectivity index (χ2v) is 4.11. The first kappa shape index (κ1) is 11.7. The zero-order valence-electron chi connectivity index (χ0n) is 10.3. The van der Waals surface area contributed by atoms with E-state index in [0.717, 1.165) is 24.3 Å². The van der Waals surface area contributed by atoms with Gasteiger partial charge in [0.05, 0.1) is 7.11 Å². The molecule has 1 amide bonds. The topological polar surface area (TPSA) is 29.5 Å². The maximum absolute atomic E-state index is 11.8. The first-order chi connectivity index (χ1) is 8.26. The van der Waals surface area contributed by atoms with Gasteiger partial charge >= 0.3 is 0 Å². The van der Waals surface area contributed by atoms with Crippen LogP contribution in [-0.4, -0.2) is 24.5 Å². The Morgan fingerprint density at radius 2 is 2.29 bits per heavy atom. The molecule has 1 aromatic rings. The number of amides is 1. The minimum atomic E-state index is 0.0732. The van der Waals surface area contributed by atoms with Gasteiger partial charge in [-0.3, -0.25) is 4.79 Å². The van der Waals surface area contributed by atoms with Gasteiger partial charge in [0.2, 0.25) is 5.91 Å². The van der Waals surface area contributed by atoms with Gasteiger partial charge in [-0.1, -0.05) is 18.2 Å². The molecule has 0 unspecified atom stereocenters. The van der Waals surface area contributed by atoms with Gasteiger partial charge in [-0.15, -0.1) is 0 Å². The van der Waals surface area contributed by atoms with Crippen molar-refractivity contribution >= 4 is 5.91 Å². The molecule has 1 aliphatic heterocycles. The molecule has 0 fully saturated rings. The van der Waals surface area contributed by atoms with Crippen molar-refractivity contribution in [1.29, 1.82) is 0 Å². The molecule has 0 aliphatic carbocycles. The summed E-state index contributed by atoms with van der Waals surface area (Å²) in [6, 6.07) is 6.05. The van der Waals surface area contributed by atoms with Crippen LogP contribution in [0.15, 0.2) is 30.4 Å². The fraction of sp³-hybridized carbons (Fsp3) is 0.357. The molecule has 0 atom stereocenters. The number of benzene rings is 1. The molecule has 90 valence electrons. The van der Waals surface area contributed by atoms with E-state index in [-0.39, 0.29) is 5.91 Å². The molecule has 1 heterocycles. The highest BCUT2D eigenvalue weighted by atomic mass is 16.5. The van der Waals surface area contributed by atoms with Crippen LogP contribution in [-0.2, 0) is 17.8 Å². The van der Waals surface area contributed by atoms with E-state index in [1.54, 1.807) is 19.3 Å². The Morgan fingerprint density at radius 1 is 1.47 bits per heavy atom. The molecular weight excluding hydrogens is 214 g/mol. The van der Waals surface area contributed by atoms with Gasteiger partial charge in [-0.2, -0.15) is 0 Å². The van der Waals surface area contributed by atoms with Crippen LogP contribution in [0.3, 0.4) is 0 Å². The lowest BCUT2D eigenvalue weighted by molar-refractivity contribution is -0.126. The molecule has 0 N–H and O–H groups in total. The predicted octanol–water partition coefficient (Wildman–Crippen LogP) is 2.16. The normalized spacial score (nSPS) is 14.8. The number of carbonyl (C=O) groups is 1. The Hall–Kier alpha value is -1.77. The van der Waals surface area contributed by atoms with Gasteiger partial charge in [0, 0.05) is 18.7 Å². The summed E-state index contributed by atoms with van der Waals surface area (Å²) in [6.45, 7) is 3.28. The van der Waals surface area contributed by atoms with E-state index < -0.39 is 0 Å². The fourth-order valence-electron chi connectivity index (χ4n) is 2.18. The lowest BCUT2D eigenvalue weighted by atomic mass is 9.99. The van der Waals surface area contributed by atoms with E-state index in [4.69, 9.17) is 4.74 Å². The quantitative estimate of drug-likeness (QED) is 0.730. The lowest BCUT2D eigenvalue weighted by Gasteiger charge is -2.29. The maximum atomic E-state index is 11.8. The zero-order chi connectivity index (χ0) is 12.3. The average Bonchev–Trinajstić information content (AvgIpc) is 2.37. The number of carbonyl (C=O) groups excluding carboxylic acids is 1. The third-order valence-electron chi connectivity index (χ3n) is 3.07. The number of hydrogen-bond acceptors (Lipinski definition) is 2. The standard InChI is InChI=1S/C14H17NO2/c1-3-5-14(16)15-9-8-11-6-4-7-13(17-2)12(11)10-15/h3-7H,8-10H2,1-2H3/b5-3+. The van der Waals surface area contributed by atoms with Crippen LogP contribution in [0.5, 0.6) is 5.75 Å². The van der Waals surface area contributed by atoms with Crippen molar-refractivity contribution in [3.8, 4) is 5.75 Å². The van der Waals surface area contributed by atoms with Crippen LogP contribution >= 0.6 is 0 Å². The minimum Gasteiger partial charge on any atom is -0.496 e. The molecule has 1 aliphatic rings. The zero-order valence-corrected chi connectivity index (χ0v) is 10.3. The van der Waals surface area contributed by atoms with E-state index in [1.807, 2.05) is 24.0 Å². The summed E-state index contributed by atoms with van der Waals surface area (Å²) in [7, 11) is 1.67. The van der Waals surface area contributed by atoms with Crippen LogP contribution in [0.4, 0.5) is 0 Å². The third-order valence-corrected chi connectivity index (χ3v) is 3.07. The van der Waals surface area contributed by atoms with E-state index in [1.165, 1.54) is 5.56 Å². The fourth-order valence-corrected chi connectivity index (χ4v) is 2.18. The monoisotopic (exact) mass is 231 g/mol. The van der Waals surface area contributed by atoms with Crippen LogP contribution in [0.1, 0.15) is 18.1 Å². The third kappa shape index (κ3) is 2.33. The molecular formula is C14H17NO2. The first-order valence-electron chi connectivity index (χ1n) is 5.82. The van der Waals surface area contributed by atoms with Gasteiger partial charge in [-0.25, -0.2) is 0 Å². The highest BCUT2D eigenvalue weighted by molar-refractivity contribution is 5.87. The van der Waals surface area contributed by atoms with E-state index in [2.05, 4.69) is 6.07 Å². The van der Waals surface area contributed by atoms with Crippen molar-refractivity contribution in [1.82, 2.24) is 4.90 Å². The number of rotatable bonds is 2. The minimum absolute atomic E-state index is 0.0732. The van der Waals surface area contributed by atoms with Crippen molar-refractivity contribution in [2.24, 2.45) is 0 Å². The highest BCUT2D eigenvalue weighted by Gasteiger charge is 2.21. The van der Waals surface area contributed by atoms with Crippen molar-refractivity contribution in [2.75, 3.05) is 13.7 Å². The van der Waals surface area contributed by atoms with Crippen molar-refractivity contribution in [3.63, 3.8) is 0 Å². The number of fused-ring (bicyclic) bond motifs is 1. The molecule has 0 bridgehead atoms. The van der Waals surface area contributed by atoms with Gasteiger partial charge in [0.25, 0.3) is 0 Å². The second kappa shape index (κ2) is 5.04. The molecule has 3 heteroatoms. The summed E-state index contributed by atoms with van der Waals surface area (Å²) < 4.78 is 5.34. The first-order valence-corrected chi connectivity index (χ1v) is 5.82. The number of allylic oxidation sites excluding steroid dienone is 1. The summed E-state index contributed by atoms with van der Waals surface area (Å²) in [4.78, 5) is 13.7. The summed E-state index contributed by atoms with van der Waals surface area (Å²) in [5.41, 5.74) is 2.42. The van der Waals surface area contributed by atoms with Crippen LogP contribution in [0.2, 0.25) is 0 Å².